The first-order valence-electron chi connectivity index (χ1n) is 10.1. The highest BCUT2D eigenvalue weighted by molar-refractivity contribution is 5.92. The fourth-order valence-corrected chi connectivity index (χ4v) is 3.44. The quantitative estimate of drug-likeness (QED) is 0.520. The minimum absolute atomic E-state index is 0.00484. The molecule has 1 aromatic carbocycles. The van der Waals surface area contributed by atoms with Crippen LogP contribution in [0, 0.1) is 13.8 Å². The molecule has 0 unspecified atom stereocenters. The summed E-state index contributed by atoms with van der Waals surface area (Å²) in [5.41, 5.74) is 3.21. The lowest BCUT2D eigenvalue weighted by atomic mass is 10.2. The molecule has 0 fully saturated rings. The monoisotopic (exact) mass is 408 g/mol. The van der Waals surface area contributed by atoms with Gasteiger partial charge in [0.2, 0.25) is 0 Å². The Bertz CT molecular complexity index is 988. The Hall–Kier alpha value is -3.28. The van der Waals surface area contributed by atoms with Gasteiger partial charge in [0.05, 0.1) is 18.4 Å². The molecule has 0 aliphatic carbocycles. The van der Waals surface area contributed by atoms with E-state index in [2.05, 4.69) is 0 Å². The number of rotatable bonds is 8. The molecule has 0 aliphatic rings. The predicted molar refractivity (Wildman–Crippen MR) is 114 cm³/mol. The summed E-state index contributed by atoms with van der Waals surface area (Å²) < 4.78 is 12.8. The van der Waals surface area contributed by atoms with E-state index in [1.165, 1.54) is 0 Å². The lowest BCUT2D eigenvalue weighted by molar-refractivity contribution is -0.136. The average molecular weight is 408 g/mol. The smallest absolute Gasteiger partial charge is 0.340 e. The van der Waals surface area contributed by atoms with Gasteiger partial charge < -0.3 is 18.6 Å². The minimum atomic E-state index is -0.495. The molecule has 2 heterocycles. The Morgan fingerprint density at radius 3 is 2.47 bits per heavy atom. The van der Waals surface area contributed by atoms with Crippen LogP contribution in [-0.4, -0.2) is 34.0 Å². The SMILES string of the molecule is Cc1cc(C(=O)OCC(=O)N(Cc2ccccc2)C(C)C)c(C)n1Cc1ccco1. The lowest BCUT2D eigenvalue weighted by Crippen LogP contribution is -2.39. The summed E-state index contributed by atoms with van der Waals surface area (Å²) in [6.07, 6.45) is 1.63. The molecule has 0 atom stereocenters. The molecular weight excluding hydrogens is 380 g/mol. The second-order valence-electron chi connectivity index (χ2n) is 7.63. The van der Waals surface area contributed by atoms with Gasteiger partial charge in [0.25, 0.3) is 5.91 Å². The highest BCUT2D eigenvalue weighted by Crippen LogP contribution is 2.18. The fraction of sp³-hybridized carbons (Fsp3) is 0.333. The molecule has 0 N–H and O–H groups in total. The van der Waals surface area contributed by atoms with Gasteiger partial charge in [-0.25, -0.2) is 4.79 Å². The van der Waals surface area contributed by atoms with Gasteiger partial charge in [-0.2, -0.15) is 0 Å². The summed E-state index contributed by atoms with van der Waals surface area (Å²) in [7, 11) is 0. The zero-order valence-electron chi connectivity index (χ0n) is 17.9. The van der Waals surface area contributed by atoms with Crippen LogP contribution in [-0.2, 0) is 22.6 Å². The highest BCUT2D eigenvalue weighted by Gasteiger charge is 2.22. The van der Waals surface area contributed by atoms with Crippen molar-refractivity contribution in [1.82, 2.24) is 9.47 Å². The molecule has 6 heteroatoms. The van der Waals surface area contributed by atoms with Crippen molar-refractivity contribution >= 4 is 11.9 Å². The number of nitrogens with zero attached hydrogens (tertiary/aromatic N) is 2. The van der Waals surface area contributed by atoms with Crippen molar-refractivity contribution in [3.63, 3.8) is 0 Å². The molecule has 0 saturated carbocycles. The number of aromatic nitrogens is 1. The summed E-state index contributed by atoms with van der Waals surface area (Å²) in [5, 5.41) is 0. The van der Waals surface area contributed by atoms with Gasteiger partial charge in [0, 0.05) is 24.0 Å². The number of esters is 1. The first-order chi connectivity index (χ1) is 14.4. The number of furan rings is 1. The number of hydrogen-bond acceptors (Lipinski definition) is 4. The van der Waals surface area contributed by atoms with Crippen molar-refractivity contribution in [2.75, 3.05) is 6.61 Å². The predicted octanol–water partition coefficient (Wildman–Crippen LogP) is 4.34. The van der Waals surface area contributed by atoms with Crippen molar-refractivity contribution in [3.8, 4) is 0 Å². The van der Waals surface area contributed by atoms with Crippen LogP contribution in [0.25, 0.3) is 0 Å². The van der Waals surface area contributed by atoms with Crippen molar-refractivity contribution in [1.29, 1.82) is 0 Å². The van der Waals surface area contributed by atoms with Crippen LogP contribution < -0.4 is 0 Å². The number of carbonyl (C=O) groups is 2. The van der Waals surface area contributed by atoms with Crippen LogP contribution in [0.5, 0.6) is 0 Å². The first kappa shape index (κ1) is 21.4. The van der Waals surface area contributed by atoms with Gasteiger partial charge in [0.15, 0.2) is 6.61 Å². The Morgan fingerprint density at radius 2 is 1.83 bits per heavy atom. The third-order valence-electron chi connectivity index (χ3n) is 5.15. The van der Waals surface area contributed by atoms with Crippen LogP contribution in [0.2, 0.25) is 0 Å². The molecule has 158 valence electrons. The van der Waals surface area contributed by atoms with Crippen LogP contribution in [0.1, 0.15) is 46.9 Å². The number of benzene rings is 1. The zero-order chi connectivity index (χ0) is 21.7. The molecule has 0 spiro atoms. The van der Waals surface area contributed by atoms with Gasteiger partial charge in [-0.15, -0.1) is 0 Å². The highest BCUT2D eigenvalue weighted by atomic mass is 16.5. The summed E-state index contributed by atoms with van der Waals surface area (Å²) >= 11 is 0. The Labute approximate surface area is 177 Å². The molecule has 0 bridgehead atoms. The van der Waals surface area contributed by atoms with Crippen molar-refractivity contribution in [2.24, 2.45) is 0 Å². The topological polar surface area (TPSA) is 64.7 Å². The maximum absolute atomic E-state index is 12.7. The maximum atomic E-state index is 12.7. The standard InChI is InChI=1S/C24H28N2O4/c1-17(2)25(14-20-9-6-5-7-10-20)23(27)16-30-24(28)22-13-18(3)26(19(22)4)15-21-11-8-12-29-21/h5-13,17H,14-16H2,1-4H3. The number of amides is 1. The van der Waals surface area contributed by atoms with Crippen molar-refractivity contribution < 1.29 is 18.7 Å². The van der Waals surface area contributed by atoms with Crippen LogP contribution in [0.15, 0.2) is 59.2 Å². The van der Waals surface area contributed by atoms with E-state index in [1.807, 2.05) is 74.7 Å². The number of ether oxygens (including phenoxy) is 1. The van der Waals surface area contributed by atoms with Crippen molar-refractivity contribution in [2.45, 2.75) is 46.8 Å². The molecule has 2 aromatic heterocycles. The van der Waals surface area contributed by atoms with Gasteiger partial charge in [-0.05, 0) is 51.5 Å². The maximum Gasteiger partial charge on any atom is 0.340 e. The van der Waals surface area contributed by atoms with Crippen molar-refractivity contribution in [3.05, 3.63) is 83.1 Å². The van der Waals surface area contributed by atoms with Gasteiger partial charge >= 0.3 is 5.97 Å². The van der Waals surface area contributed by atoms with E-state index in [0.717, 1.165) is 22.7 Å². The average Bonchev–Trinajstić information content (AvgIpc) is 3.34. The lowest BCUT2D eigenvalue weighted by Gasteiger charge is -2.26. The minimum Gasteiger partial charge on any atom is -0.467 e. The van der Waals surface area contributed by atoms with E-state index in [0.29, 0.717) is 18.7 Å². The normalized spacial score (nSPS) is 11.0. The molecular formula is C24H28N2O4. The van der Waals surface area contributed by atoms with Gasteiger partial charge in [-0.1, -0.05) is 30.3 Å². The van der Waals surface area contributed by atoms with Crippen LogP contribution in [0.3, 0.4) is 0 Å². The summed E-state index contributed by atoms with van der Waals surface area (Å²) in [6.45, 7) is 8.42. The third-order valence-corrected chi connectivity index (χ3v) is 5.15. The molecule has 3 rings (SSSR count). The van der Waals surface area contributed by atoms with E-state index in [9.17, 15) is 9.59 Å². The largest absolute Gasteiger partial charge is 0.467 e. The van der Waals surface area contributed by atoms with Crippen LogP contribution in [0.4, 0.5) is 0 Å². The molecule has 0 radical (unpaired) electrons. The summed E-state index contributed by atoms with van der Waals surface area (Å²) in [6, 6.07) is 15.3. The second kappa shape index (κ2) is 9.48. The van der Waals surface area contributed by atoms with Gasteiger partial charge in [-0.3, -0.25) is 4.79 Å². The van der Waals surface area contributed by atoms with E-state index < -0.39 is 5.97 Å². The summed E-state index contributed by atoms with van der Waals surface area (Å²) in [4.78, 5) is 27.1. The van der Waals surface area contributed by atoms with E-state index >= 15 is 0 Å². The number of aryl methyl sites for hydroxylation is 1. The fourth-order valence-electron chi connectivity index (χ4n) is 3.44. The summed E-state index contributed by atoms with van der Waals surface area (Å²) in [5.74, 6) is 0.0949. The second-order valence-corrected chi connectivity index (χ2v) is 7.63. The Morgan fingerprint density at radius 1 is 1.10 bits per heavy atom. The number of hydrogen-bond donors (Lipinski definition) is 0. The molecule has 1 amide bonds. The molecule has 30 heavy (non-hydrogen) atoms. The van der Waals surface area contributed by atoms with E-state index in [1.54, 1.807) is 17.2 Å². The molecule has 0 aliphatic heterocycles. The molecule has 0 saturated heterocycles. The van der Waals surface area contributed by atoms with Crippen LogP contribution >= 0.6 is 0 Å². The molecule has 3 aromatic rings. The Balaban J connectivity index is 1.65. The van der Waals surface area contributed by atoms with Gasteiger partial charge in [0.1, 0.15) is 5.76 Å². The third kappa shape index (κ3) is 5.00. The zero-order valence-corrected chi connectivity index (χ0v) is 17.9. The first-order valence-corrected chi connectivity index (χ1v) is 10.1. The number of carbonyl (C=O) groups excluding carboxylic acids is 2. The Kier molecular flexibility index (Phi) is 6.77. The van der Waals surface area contributed by atoms with E-state index in [4.69, 9.17) is 9.15 Å². The molecule has 6 nitrogen and oxygen atoms in total. The van der Waals surface area contributed by atoms with E-state index in [-0.39, 0.29) is 18.6 Å².